The monoisotopic (exact) mass is 339 g/mol. The number of fused-ring (bicyclic) bond motifs is 1. The van der Waals surface area contributed by atoms with Gasteiger partial charge in [0.1, 0.15) is 5.75 Å². The van der Waals surface area contributed by atoms with Gasteiger partial charge in [0.05, 0.1) is 6.10 Å². The van der Waals surface area contributed by atoms with E-state index in [1.807, 2.05) is 0 Å². The van der Waals surface area contributed by atoms with Crippen LogP contribution in [0.5, 0.6) is 5.75 Å². The van der Waals surface area contributed by atoms with Gasteiger partial charge in [-0.1, -0.05) is 12.1 Å². The van der Waals surface area contributed by atoms with Crippen LogP contribution in [0.4, 0.5) is 8.78 Å². The first-order chi connectivity index (χ1) is 11.1. The molecule has 1 aliphatic carbocycles. The Morgan fingerprint density at radius 1 is 1.26 bits per heavy atom. The minimum atomic E-state index is -2.83. The molecule has 1 aromatic heterocycles. The van der Waals surface area contributed by atoms with Gasteiger partial charge in [-0.05, 0) is 54.0 Å². The maximum atomic E-state index is 12.1. The van der Waals surface area contributed by atoms with Gasteiger partial charge in [-0.3, -0.25) is 0 Å². The Morgan fingerprint density at radius 3 is 2.78 bits per heavy atom. The van der Waals surface area contributed by atoms with Crippen molar-refractivity contribution in [2.24, 2.45) is 0 Å². The standard InChI is InChI=1S/C17H19F2NO2S/c18-17(19)22-12-6-4-11(5-7-12)15(21)10-20-14-2-1-3-16-13(14)8-9-23-16/h4-9,14-15,17,20-21H,1-3,10H2. The lowest BCUT2D eigenvalue weighted by molar-refractivity contribution is -0.0498. The van der Waals surface area contributed by atoms with E-state index in [2.05, 4.69) is 21.5 Å². The predicted octanol–water partition coefficient (Wildman–Crippen LogP) is 4.05. The Balaban J connectivity index is 1.57. The number of hydrogen-bond donors (Lipinski definition) is 2. The number of aliphatic hydroxyl groups excluding tert-OH is 1. The highest BCUT2D eigenvalue weighted by atomic mass is 32.1. The van der Waals surface area contributed by atoms with Crippen LogP contribution in [0, 0.1) is 0 Å². The topological polar surface area (TPSA) is 41.5 Å². The SMILES string of the molecule is OC(CNC1CCCc2sccc21)c1ccc(OC(F)F)cc1. The van der Waals surface area contributed by atoms with Gasteiger partial charge in [-0.2, -0.15) is 8.78 Å². The molecule has 0 saturated carbocycles. The lowest BCUT2D eigenvalue weighted by Crippen LogP contribution is -2.28. The van der Waals surface area contributed by atoms with Gasteiger partial charge in [-0.15, -0.1) is 11.3 Å². The van der Waals surface area contributed by atoms with Gasteiger partial charge in [0.25, 0.3) is 0 Å². The van der Waals surface area contributed by atoms with Gasteiger partial charge < -0.3 is 15.2 Å². The average molecular weight is 339 g/mol. The van der Waals surface area contributed by atoms with Crippen LogP contribution >= 0.6 is 11.3 Å². The molecular formula is C17H19F2NO2S. The molecule has 23 heavy (non-hydrogen) atoms. The van der Waals surface area contributed by atoms with E-state index in [4.69, 9.17) is 0 Å². The first-order valence-corrected chi connectivity index (χ1v) is 8.54. The second-order valence-corrected chi connectivity index (χ2v) is 6.62. The molecule has 0 amide bonds. The fourth-order valence-corrected chi connectivity index (χ4v) is 3.93. The van der Waals surface area contributed by atoms with Crippen molar-refractivity contribution in [1.82, 2.24) is 5.32 Å². The van der Waals surface area contributed by atoms with Gasteiger partial charge in [-0.25, -0.2) is 0 Å². The maximum Gasteiger partial charge on any atom is 0.387 e. The molecular weight excluding hydrogens is 320 g/mol. The largest absolute Gasteiger partial charge is 0.435 e. The normalized spacial score (nSPS) is 18.7. The molecule has 3 nitrogen and oxygen atoms in total. The number of benzene rings is 1. The first-order valence-electron chi connectivity index (χ1n) is 7.66. The van der Waals surface area contributed by atoms with E-state index in [1.165, 1.54) is 22.6 Å². The van der Waals surface area contributed by atoms with Crippen LogP contribution in [0.25, 0.3) is 0 Å². The van der Waals surface area contributed by atoms with Crippen molar-refractivity contribution in [2.75, 3.05) is 6.54 Å². The van der Waals surface area contributed by atoms with Crippen molar-refractivity contribution in [3.63, 3.8) is 0 Å². The van der Waals surface area contributed by atoms with E-state index in [0.717, 1.165) is 19.3 Å². The minimum Gasteiger partial charge on any atom is -0.435 e. The van der Waals surface area contributed by atoms with E-state index in [-0.39, 0.29) is 11.8 Å². The summed E-state index contributed by atoms with van der Waals surface area (Å²) in [5, 5.41) is 15.8. The fourth-order valence-electron chi connectivity index (χ4n) is 2.94. The van der Waals surface area contributed by atoms with Crippen LogP contribution < -0.4 is 10.1 Å². The zero-order valence-corrected chi connectivity index (χ0v) is 13.4. The maximum absolute atomic E-state index is 12.1. The Labute approximate surface area is 137 Å². The molecule has 1 heterocycles. The lowest BCUT2D eigenvalue weighted by Gasteiger charge is -2.25. The Kier molecular flexibility index (Phi) is 5.25. The van der Waals surface area contributed by atoms with E-state index in [9.17, 15) is 13.9 Å². The third kappa shape index (κ3) is 4.07. The summed E-state index contributed by atoms with van der Waals surface area (Å²) < 4.78 is 28.5. The van der Waals surface area contributed by atoms with Crippen molar-refractivity contribution >= 4 is 11.3 Å². The van der Waals surface area contributed by atoms with E-state index in [1.54, 1.807) is 23.5 Å². The Morgan fingerprint density at radius 2 is 2.04 bits per heavy atom. The van der Waals surface area contributed by atoms with Crippen LogP contribution in [0.3, 0.4) is 0 Å². The van der Waals surface area contributed by atoms with E-state index in [0.29, 0.717) is 12.1 Å². The highest BCUT2D eigenvalue weighted by Crippen LogP contribution is 2.33. The number of aliphatic hydroxyl groups is 1. The molecule has 2 unspecified atom stereocenters. The fraction of sp³-hybridized carbons (Fsp3) is 0.412. The van der Waals surface area contributed by atoms with Crippen molar-refractivity contribution in [2.45, 2.75) is 38.0 Å². The lowest BCUT2D eigenvalue weighted by atomic mass is 9.94. The third-order valence-electron chi connectivity index (χ3n) is 4.10. The second-order valence-electron chi connectivity index (χ2n) is 5.62. The molecule has 2 aromatic rings. The van der Waals surface area contributed by atoms with Gasteiger partial charge in [0, 0.05) is 17.5 Å². The number of ether oxygens (including phenoxy) is 1. The van der Waals surface area contributed by atoms with Crippen molar-refractivity contribution in [3.8, 4) is 5.75 Å². The third-order valence-corrected chi connectivity index (χ3v) is 5.10. The summed E-state index contributed by atoms with van der Waals surface area (Å²) in [6, 6.07) is 8.55. The second kappa shape index (κ2) is 7.38. The Hall–Kier alpha value is -1.50. The van der Waals surface area contributed by atoms with Gasteiger partial charge >= 0.3 is 6.61 Å². The molecule has 1 aliphatic rings. The molecule has 124 valence electrons. The van der Waals surface area contributed by atoms with Gasteiger partial charge in [0.2, 0.25) is 0 Å². The number of nitrogens with one attached hydrogen (secondary N) is 1. The molecule has 3 rings (SSSR count). The predicted molar refractivity (Wildman–Crippen MR) is 86.0 cm³/mol. The number of aryl methyl sites for hydroxylation is 1. The van der Waals surface area contributed by atoms with Crippen molar-refractivity contribution in [1.29, 1.82) is 0 Å². The van der Waals surface area contributed by atoms with Crippen molar-refractivity contribution < 1.29 is 18.6 Å². The van der Waals surface area contributed by atoms with Crippen LogP contribution in [-0.4, -0.2) is 18.3 Å². The number of rotatable bonds is 6. The molecule has 0 bridgehead atoms. The summed E-state index contributed by atoms with van der Waals surface area (Å²) in [6.45, 7) is -2.41. The van der Waals surface area contributed by atoms with Crippen LogP contribution in [0.1, 0.15) is 41.0 Å². The summed E-state index contributed by atoms with van der Waals surface area (Å²) in [4.78, 5) is 1.43. The average Bonchev–Trinajstić information content (AvgIpc) is 3.02. The molecule has 1 aromatic carbocycles. The Bertz CT molecular complexity index is 630. The quantitative estimate of drug-likeness (QED) is 0.834. The van der Waals surface area contributed by atoms with Gasteiger partial charge in [0.15, 0.2) is 0 Å². The molecule has 0 fully saturated rings. The molecule has 2 N–H and O–H groups in total. The van der Waals surface area contributed by atoms with Crippen LogP contribution in [0.15, 0.2) is 35.7 Å². The molecule has 2 atom stereocenters. The molecule has 0 saturated heterocycles. The summed E-state index contributed by atoms with van der Waals surface area (Å²) in [7, 11) is 0. The van der Waals surface area contributed by atoms with Crippen LogP contribution in [0.2, 0.25) is 0 Å². The molecule has 0 aliphatic heterocycles. The highest BCUT2D eigenvalue weighted by molar-refractivity contribution is 7.10. The number of thiophene rings is 1. The summed E-state index contributed by atoms with van der Waals surface area (Å²) in [6.07, 6.45) is 2.68. The van der Waals surface area contributed by atoms with E-state index >= 15 is 0 Å². The van der Waals surface area contributed by atoms with Crippen molar-refractivity contribution in [3.05, 3.63) is 51.7 Å². The summed E-state index contributed by atoms with van der Waals surface area (Å²) in [5.74, 6) is 0.0964. The van der Waals surface area contributed by atoms with Crippen LogP contribution in [-0.2, 0) is 6.42 Å². The minimum absolute atomic E-state index is 0.0964. The first kappa shape index (κ1) is 16.4. The zero-order chi connectivity index (χ0) is 16.2. The molecule has 0 radical (unpaired) electrons. The van der Waals surface area contributed by atoms with E-state index < -0.39 is 12.7 Å². The molecule has 0 spiro atoms. The number of halogens is 2. The number of hydrogen-bond acceptors (Lipinski definition) is 4. The highest BCUT2D eigenvalue weighted by Gasteiger charge is 2.21. The smallest absolute Gasteiger partial charge is 0.387 e. The number of alkyl halides is 2. The zero-order valence-electron chi connectivity index (χ0n) is 12.5. The molecule has 6 heteroatoms. The summed E-state index contributed by atoms with van der Waals surface area (Å²) >= 11 is 1.79. The summed E-state index contributed by atoms with van der Waals surface area (Å²) in [5.41, 5.74) is 2.02.